The molecule has 2 rings (SSSR count). The number of thiophene rings is 1. The third-order valence-corrected chi connectivity index (χ3v) is 4.06. The van der Waals surface area contributed by atoms with Gasteiger partial charge in [0.1, 0.15) is 5.76 Å². The lowest BCUT2D eigenvalue weighted by molar-refractivity contribution is 0.215. The van der Waals surface area contributed by atoms with Gasteiger partial charge in [0, 0.05) is 6.42 Å². The maximum atomic E-state index is 5.66. The van der Waals surface area contributed by atoms with Crippen molar-refractivity contribution in [3.05, 3.63) is 32.6 Å². The van der Waals surface area contributed by atoms with E-state index in [0.29, 0.717) is 0 Å². The van der Waals surface area contributed by atoms with Gasteiger partial charge in [-0.2, -0.15) is 0 Å². The molecule has 0 saturated carbocycles. The van der Waals surface area contributed by atoms with Crippen LogP contribution in [0.4, 0.5) is 0 Å². The fourth-order valence-corrected chi connectivity index (χ4v) is 2.99. The third-order valence-electron chi connectivity index (χ3n) is 2.54. The van der Waals surface area contributed by atoms with Crippen molar-refractivity contribution < 1.29 is 4.74 Å². The Hall–Kier alpha value is -0.320. The molecule has 0 aliphatic carbocycles. The van der Waals surface area contributed by atoms with Gasteiger partial charge in [0.2, 0.25) is 0 Å². The van der Waals surface area contributed by atoms with E-state index < -0.39 is 0 Å². The Morgan fingerprint density at radius 1 is 1.62 bits per heavy atom. The van der Waals surface area contributed by atoms with Crippen LogP contribution in [0.2, 0.25) is 0 Å². The molecule has 1 aromatic rings. The predicted octanol–water partition coefficient (Wildman–Crippen LogP) is 3.86. The van der Waals surface area contributed by atoms with Crippen molar-refractivity contribution in [1.82, 2.24) is 5.32 Å². The standard InChI is InChI=1S/C12H16BrNOS/c1-2-5-14-12(10-4-3-6-15-10)9-7-11(13)16-8-9/h4,7-8,12,14H,2-3,5-6H2,1H3. The fourth-order valence-electron chi connectivity index (χ4n) is 1.78. The lowest BCUT2D eigenvalue weighted by atomic mass is 10.1. The van der Waals surface area contributed by atoms with E-state index in [2.05, 4.69) is 45.7 Å². The Labute approximate surface area is 109 Å². The van der Waals surface area contributed by atoms with Crippen LogP contribution in [0.1, 0.15) is 31.4 Å². The molecule has 2 heterocycles. The van der Waals surface area contributed by atoms with Crippen LogP contribution in [0.15, 0.2) is 27.1 Å². The minimum atomic E-state index is 0.227. The number of hydrogen-bond donors (Lipinski definition) is 1. The normalized spacial score (nSPS) is 17.0. The zero-order chi connectivity index (χ0) is 11.4. The minimum Gasteiger partial charge on any atom is -0.496 e. The van der Waals surface area contributed by atoms with Gasteiger partial charge in [-0.1, -0.05) is 6.92 Å². The summed E-state index contributed by atoms with van der Waals surface area (Å²) < 4.78 is 6.83. The van der Waals surface area contributed by atoms with Gasteiger partial charge >= 0.3 is 0 Å². The van der Waals surface area contributed by atoms with Crippen LogP contribution in [0, 0.1) is 0 Å². The van der Waals surface area contributed by atoms with Gasteiger partial charge in [-0.3, -0.25) is 0 Å². The quantitative estimate of drug-likeness (QED) is 0.892. The van der Waals surface area contributed by atoms with Gasteiger partial charge in [0.15, 0.2) is 0 Å². The summed E-state index contributed by atoms with van der Waals surface area (Å²) >= 11 is 5.23. The molecular weight excluding hydrogens is 286 g/mol. The molecule has 1 atom stereocenters. The van der Waals surface area contributed by atoms with E-state index in [0.717, 1.165) is 31.8 Å². The second-order valence-corrected chi connectivity index (χ2v) is 6.11. The van der Waals surface area contributed by atoms with Gasteiger partial charge in [-0.25, -0.2) is 0 Å². The number of nitrogens with one attached hydrogen (secondary N) is 1. The van der Waals surface area contributed by atoms with Crippen LogP contribution in [-0.4, -0.2) is 13.2 Å². The molecule has 0 amide bonds. The fraction of sp³-hybridized carbons (Fsp3) is 0.500. The topological polar surface area (TPSA) is 21.3 Å². The Kier molecular flexibility index (Phi) is 4.44. The Morgan fingerprint density at radius 3 is 3.06 bits per heavy atom. The van der Waals surface area contributed by atoms with Crippen molar-refractivity contribution >= 4 is 27.3 Å². The van der Waals surface area contributed by atoms with Crippen LogP contribution in [0.3, 0.4) is 0 Å². The van der Waals surface area contributed by atoms with Crippen molar-refractivity contribution in [2.75, 3.05) is 13.2 Å². The Balaban J connectivity index is 2.13. The molecule has 16 heavy (non-hydrogen) atoms. The molecule has 88 valence electrons. The summed E-state index contributed by atoms with van der Waals surface area (Å²) in [7, 11) is 0. The minimum absolute atomic E-state index is 0.227. The Morgan fingerprint density at radius 2 is 2.50 bits per heavy atom. The highest BCUT2D eigenvalue weighted by Crippen LogP contribution is 2.31. The number of hydrogen-bond acceptors (Lipinski definition) is 3. The van der Waals surface area contributed by atoms with E-state index in [1.165, 1.54) is 9.35 Å². The maximum absolute atomic E-state index is 5.66. The molecule has 0 bridgehead atoms. The van der Waals surface area contributed by atoms with E-state index in [-0.39, 0.29) is 6.04 Å². The van der Waals surface area contributed by atoms with Crippen molar-refractivity contribution in [2.24, 2.45) is 0 Å². The molecule has 1 aliphatic heterocycles. The molecule has 1 unspecified atom stereocenters. The van der Waals surface area contributed by atoms with Gasteiger partial charge < -0.3 is 10.1 Å². The van der Waals surface area contributed by atoms with Gasteiger partial charge in [0.05, 0.1) is 16.4 Å². The average Bonchev–Trinajstić information content (AvgIpc) is 2.91. The molecular formula is C12H16BrNOS. The van der Waals surface area contributed by atoms with Crippen LogP contribution in [0.25, 0.3) is 0 Å². The summed E-state index contributed by atoms with van der Waals surface area (Å²) in [5.41, 5.74) is 1.29. The zero-order valence-electron chi connectivity index (χ0n) is 9.33. The Bertz CT molecular complexity index is 375. The summed E-state index contributed by atoms with van der Waals surface area (Å²) in [5.74, 6) is 1.08. The van der Waals surface area contributed by atoms with Crippen LogP contribution in [0.5, 0.6) is 0 Å². The lowest BCUT2D eigenvalue weighted by Crippen LogP contribution is -2.23. The smallest absolute Gasteiger partial charge is 0.114 e. The summed E-state index contributed by atoms with van der Waals surface area (Å²) in [5, 5.41) is 5.71. The molecule has 0 spiro atoms. The van der Waals surface area contributed by atoms with Gasteiger partial charge in [-0.05, 0) is 52.0 Å². The monoisotopic (exact) mass is 301 g/mol. The molecule has 0 saturated heterocycles. The first-order valence-electron chi connectivity index (χ1n) is 5.61. The highest BCUT2D eigenvalue weighted by molar-refractivity contribution is 9.11. The third kappa shape index (κ3) is 2.87. The maximum Gasteiger partial charge on any atom is 0.114 e. The molecule has 0 radical (unpaired) electrons. The largest absolute Gasteiger partial charge is 0.496 e. The first kappa shape index (κ1) is 12.1. The van der Waals surface area contributed by atoms with Gasteiger partial charge in [-0.15, -0.1) is 11.3 Å². The number of ether oxygens (including phenoxy) is 1. The molecule has 4 heteroatoms. The highest BCUT2D eigenvalue weighted by atomic mass is 79.9. The van der Waals surface area contributed by atoms with E-state index >= 15 is 0 Å². The first-order chi connectivity index (χ1) is 7.81. The highest BCUT2D eigenvalue weighted by Gasteiger charge is 2.20. The average molecular weight is 302 g/mol. The SMILES string of the molecule is CCCNC(C1=CCCO1)c1csc(Br)c1. The molecule has 1 aromatic heterocycles. The molecule has 2 nitrogen and oxygen atoms in total. The first-order valence-corrected chi connectivity index (χ1v) is 7.28. The summed E-state index contributed by atoms with van der Waals surface area (Å²) in [6, 6.07) is 2.39. The van der Waals surface area contributed by atoms with E-state index in [1.807, 2.05) is 0 Å². The molecule has 1 aliphatic rings. The molecule has 0 fully saturated rings. The van der Waals surface area contributed by atoms with Crippen molar-refractivity contribution in [3.8, 4) is 0 Å². The lowest BCUT2D eigenvalue weighted by Gasteiger charge is -2.18. The van der Waals surface area contributed by atoms with E-state index in [9.17, 15) is 0 Å². The zero-order valence-corrected chi connectivity index (χ0v) is 11.7. The molecule has 0 aromatic carbocycles. The predicted molar refractivity (Wildman–Crippen MR) is 71.7 cm³/mol. The van der Waals surface area contributed by atoms with E-state index in [4.69, 9.17) is 4.74 Å². The van der Waals surface area contributed by atoms with Crippen molar-refractivity contribution in [1.29, 1.82) is 0 Å². The van der Waals surface area contributed by atoms with Crippen LogP contribution < -0.4 is 5.32 Å². The summed E-state index contributed by atoms with van der Waals surface area (Å²) in [6.07, 6.45) is 4.36. The number of halogens is 1. The molecule has 1 N–H and O–H groups in total. The van der Waals surface area contributed by atoms with Gasteiger partial charge in [0.25, 0.3) is 0 Å². The van der Waals surface area contributed by atoms with Crippen molar-refractivity contribution in [3.63, 3.8) is 0 Å². The second-order valence-electron chi connectivity index (χ2n) is 3.81. The summed E-state index contributed by atoms with van der Waals surface area (Å²) in [4.78, 5) is 0. The number of rotatable bonds is 5. The van der Waals surface area contributed by atoms with Crippen molar-refractivity contribution in [2.45, 2.75) is 25.8 Å². The van der Waals surface area contributed by atoms with Crippen LogP contribution in [-0.2, 0) is 4.74 Å². The van der Waals surface area contributed by atoms with Crippen LogP contribution >= 0.6 is 27.3 Å². The summed E-state index contributed by atoms with van der Waals surface area (Å²) in [6.45, 7) is 4.02. The second kappa shape index (κ2) is 5.84. The van der Waals surface area contributed by atoms with E-state index in [1.54, 1.807) is 11.3 Å².